The molecule has 3 nitrogen and oxygen atoms in total. The summed E-state index contributed by atoms with van der Waals surface area (Å²) in [6, 6.07) is 12.0. The first kappa shape index (κ1) is 17.0. The molecule has 0 aliphatic heterocycles. The lowest BCUT2D eigenvalue weighted by molar-refractivity contribution is 0.0972. The average Bonchev–Trinajstić information content (AvgIpc) is 3.36. The van der Waals surface area contributed by atoms with E-state index in [1.165, 1.54) is 46.3 Å². The van der Waals surface area contributed by atoms with Crippen LogP contribution in [0.4, 0.5) is 4.39 Å². The normalized spacial score (nSPS) is 11.8. The summed E-state index contributed by atoms with van der Waals surface area (Å²) in [5, 5.41) is 16.7. The summed E-state index contributed by atoms with van der Waals surface area (Å²) in [6.45, 7) is 0. The highest BCUT2D eigenvalue weighted by Crippen LogP contribution is 2.40. The number of hydrogen-bond donors (Lipinski definition) is 2. The minimum absolute atomic E-state index is 0.00512. The lowest BCUT2D eigenvalue weighted by atomic mass is 10.0. The van der Waals surface area contributed by atoms with Crippen LogP contribution in [0.2, 0.25) is 0 Å². The van der Waals surface area contributed by atoms with Crippen molar-refractivity contribution in [2.24, 2.45) is 0 Å². The fourth-order valence-corrected chi connectivity index (χ4v) is 5.37. The van der Waals surface area contributed by atoms with Gasteiger partial charge in [0.25, 0.3) is 5.91 Å². The molecular formula is C19H12FNO2S3. The molecule has 4 rings (SSSR count). The minimum Gasteiger partial charge on any atom is -0.505 e. The van der Waals surface area contributed by atoms with Crippen molar-refractivity contribution in [2.45, 2.75) is 0 Å². The van der Waals surface area contributed by atoms with Gasteiger partial charge in [0.15, 0.2) is 5.75 Å². The van der Waals surface area contributed by atoms with Crippen LogP contribution in [0.3, 0.4) is 0 Å². The van der Waals surface area contributed by atoms with E-state index in [2.05, 4.69) is 5.32 Å². The quantitative estimate of drug-likeness (QED) is 0.462. The zero-order valence-corrected chi connectivity index (χ0v) is 15.7. The number of fused-ring (bicyclic) bond motifs is 1. The fraction of sp³-hybridized carbons (Fsp3) is 0. The van der Waals surface area contributed by atoms with E-state index < -0.39 is 5.91 Å². The Labute approximate surface area is 160 Å². The van der Waals surface area contributed by atoms with Gasteiger partial charge in [-0.25, -0.2) is 4.39 Å². The summed E-state index contributed by atoms with van der Waals surface area (Å²) < 4.78 is 15.8. The van der Waals surface area contributed by atoms with Gasteiger partial charge in [0.1, 0.15) is 10.7 Å². The highest BCUT2D eigenvalue weighted by Gasteiger charge is 2.19. The maximum atomic E-state index is 14.3. The van der Waals surface area contributed by atoms with Crippen molar-refractivity contribution in [1.29, 1.82) is 0 Å². The Morgan fingerprint density at radius 1 is 1.08 bits per heavy atom. The Kier molecular flexibility index (Phi) is 4.58. The predicted octanol–water partition coefficient (Wildman–Crippen LogP) is 5.69. The first-order valence-electron chi connectivity index (χ1n) is 7.64. The van der Waals surface area contributed by atoms with Crippen molar-refractivity contribution in [2.75, 3.05) is 0 Å². The molecule has 0 aliphatic carbocycles. The standard InChI is InChI=1S/C19H12FNO2S3/c20-13-5-2-1-4-11(13)12(14-6-3-8-24-14)10-21-19(23)18-16(22)17-15(26-18)7-9-25-17/h1-10,22H,(H,21,23). The average molecular weight is 402 g/mol. The van der Waals surface area contributed by atoms with Gasteiger partial charge in [-0.05, 0) is 29.0 Å². The van der Waals surface area contributed by atoms with Gasteiger partial charge in [0.2, 0.25) is 0 Å². The van der Waals surface area contributed by atoms with E-state index in [0.717, 1.165) is 9.58 Å². The van der Waals surface area contributed by atoms with Crippen LogP contribution in [-0.4, -0.2) is 11.0 Å². The molecule has 26 heavy (non-hydrogen) atoms. The topological polar surface area (TPSA) is 49.3 Å². The van der Waals surface area contributed by atoms with Crippen LogP contribution >= 0.6 is 34.0 Å². The zero-order valence-electron chi connectivity index (χ0n) is 13.2. The third-order valence-electron chi connectivity index (χ3n) is 3.78. The number of nitrogens with one attached hydrogen (secondary N) is 1. The van der Waals surface area contributed by atoms with E-state index in [0.29, 0.717) is 15.8 Å². The van der Waals surface area contributed by atoms with Crippen molar-refractivity contribution < 1.29 is 14.3 Å². The number of carbonyl (C=O) groups is 1. The van der Waals surface area contributed by atoms with E-state index in [1.54, 1.807) is 18.2 Å². The second kappa shape index (κ2) is 7.03. The molecule has 0 fully saturated rings. The number of rotatable bonds is 4. The van der Waals surface area contributed by atoms with E-state index in [-0.39, 0.29) is 16.4 Å². The molecular weight excluding hydrogens is 389 g/mol. The van der Waals surface area contributed by atoms with Crippen molar-refractivity contribution in [3.8, 4) is 5.75 Å². The van der Waals surface area contributed by atoms with Crippen LogP contribution in [0, 0.1) is 5.82 Å². The first-order chi connectivity index (χ1) is 12.6. The van der Waals surface area contributed by atoms with Gasteiger partial charge in [-0.2, -0.15) is 0 Å². The van der Waals surface area contributed by atoms with Crippen LogP contribution < -0.4 is 5.32 Å². The first-order valence-corrected chi connectivity index (χ1v) is 10.2. The summed E-state index contributed by atoms with van der Waals surface area (Å²) >= 11 is 4.08. The Hall–Kier alpha value is -2.48. The van der Waals surface area contributed by atoms with Gasteiger partial charge in [-0.15, -0.1) is 34.0 Å². The molecule has 3 heterocycles. The van der Waals surface area contributed by atoms with E-state index in [1.807, 2.05) is 29.0 Å². The maximum absolute atomic E-state index is 14.3. The van der Waals surface area contributed by atoms with Gasteiger partial charge in [-0.1, -0.05) is 24.3 Å². The number of amides is 1. The molecule has 0 atom stereocenters. The largest absolute Gasteiger partial charge is 0.505 e. The SMILES string of the molecule is O=C(NC=C(c1cccs1)c1ccccc1F)c1sc2ccsc2c1O. The van der Waals surface area contributed by atoms with E-state index in [4.69, 9.17) is 0 Å². The fourth-order valence-electron chi connectivity index (χ4n) is 2.56. The summed E-state index contributed by atoms with van der Waals surface area (Å²) in [5.41, 5.74) is 0.996. The number of carbonyl (C=O) groups excluding carboxylic acids is 1. The smallest absolute Gasteiger partial charge is 0.269 e. The number of aromatic hydroxyl groups is 1. The van der Waals surface area contributed by atoms with Gasteiger partial charge in [0, 0.05) is 26.9 Å². The van der Waals surface area contributed by atoms with Crippen LogP contribution in [-0.2, 0) is 0 Å². The highest BCUT2D eigenvalue weighted by molar-refractivity contribution is 7.28. The minimum atomic E-state index is -0.415. The molecule has 0 saturated carbocycles. The maximum Gasteiger partial charge on any atom is 0.269 e. The van der Waals surface area contributed by atoms with Crippen molar-refractivity contribution in [3.63, 3.8) is 0 Å². The summed E-state index contributed by atoms with van der Waals surface area (Å²) in [7, 11) is 0. The third kappa shape index (κ3) is 3.05. The zero-order chi connectivity index (χ0) is 18.1. The van der Waals surface area contributed by atoms with Crippen LogP contribution in [0.15, 0.2) is 59.4 Å². The van der Waals surface area contributed by atoms with Crippen molar-refractivity contribution in [1.82, 2.24) is 5.32 Å². The van der Waals surface area contributed by atoms with Crippen molar-refractivity contribution in [3.05, 3.63) is 80.6 Å². The summed E-state index contributed by atoms with van der Waals surface area (Å²) in [6.07, 6.45) is 1.50. The lowest BCUT2D eigenvalue weighted by Crippen LogP contribution is -2.16. The number of benzene rings is 1. The molecule has 1 aromatic carbocycles. The van der Waals surface area contributed by atoms with Gasteiger partial charge in [0.05, 0.1) is 4.70 Å². The number of thiophene rings is 3. The van der Waals surface area contributed by atoms with E-state index in [9.17, 15) is 14.3 Å². The molecule has 0 saturated heterocycles. The van der Waals surface area contributed by atoms with Gasteiger partial charge in [-0.3, -0.25) is 4.79 Å². The third-order valence-corrected chi connectivity index (χ3v) is 6.87. The van der Waals surface area contributed by atoms with Crippen LogP contribution in [0.25, 0.3) is 15.0 Å². The summed E-state index contributed by atoms with van der Waals surface area (Å²) in [4.78, 5) is 13.6. The monoisotopic (exact) mass is 401 g/mol. The van der Waals surface area contributed by atoms with Crippen LogP contribution in [0.1, 0.15) is 20.1 Å². The second-order valence-electron chi connectivity index (χ2n) is 5.38. The molecule has 2 N–H and O–H groups in total. The Morgan fingerprint density at radius 2 is 1.92 bits per heavy atom. The Balaban J connectivity index is 1.69. The molecule has 0 spiro atoms. The Morgan fingerprint density at radius 3 is 2.65 bits per heavy atom. The number of hydrogen-bond acceptors (Lipinski definition) is 5. The molecule has 130 valence electrons. The van der Waals surface area contributed by atoms with E-state index >= 15 is 0 Å². The second-order valence-corrected chi connectivity index (χ2v) is 8.30. The Bertz CT molecular complexity index is 1110. The van der Waals surface area contributed by atoms with Crippen LogP contribution in [0.5, 0.6) is 5.75 Å². The molecule has 3 aromatic heterocycles. The molecule has 0 unspecified atom stereocenters. The molecule has 0 aliphatic rings. The molecule has 0 bridgehead atoms. The number of halogens is 1. The highest BCUT2D eigenvalue weighted by atomic mass is 32.1. The molecule has 4 aromatic rings. The lowest BCUT2D eigenvalue weighted by Gasteiger charge is -2.08. The molecule has 0 radical (unpaired) electrons. The molecule has 7 heteroatoms. The predicted molar refractivity (Wildman–Crippen MR) is 107 cm³/mol. The summed E-state index contributed by atoms with van der Waals surface area (Å²) in [5.74, 6) is -0.781. The van der Waals surface area contributed by atoms with Gasteiger partial charge >= 0.3 is 0 Å². The molecule has 1 amide bonds. The van der Waals surface area contributed by atoms with Crippen molar-refractivity contribution >= 4 is 54.9 Å². The van der Waals surface area contributed by atoms with Gasteiger partial charge < -0.3 is 10.4 Å².